The van der Waals surface area contributed by atoms with Crippen molar-refractivity contribution in [3.05, 3.63) is 35.6 Å². The average Bonchev–Trinajstić information content (AvgIpc) is 2.89. The quantitative estimate of drug-likeness (QED) is 0.782. The van der Waals surface area contributed by atoms with Gasteiger partial charge in [0, 0.05) is 24.6 Å². The van der Waals surface area contributed by atoms with E-state index in [2.05, 4.69) is 4.90 Å². The van der Waals surface area contributed by atoms with Crippen LogP contribution in [0.1, 0.15) is 48.9 Å². The number of carbonyl (C=O) groups is 1. The van der Waals surface area contributed by atoms with Gasteiger partial charge in [-0.3, -0.25) is 9.69 Å². The van der Waals surface area contributed by atoms with Crippen LogP contribution in [0.2, 0.25) is 0 Å². The van der Waals surface area contributed by atoms with E-state index >= 15 is 0 Å². The van der Waals surface area contributed by atoms with Gasteiger partial charge < -0.3 is 0 Å². The number of carbonyl (C=O) groups excluding carboxylic acids is 1. The van der Waals surface area contributed by atoms with E-state index in [0.29, 0.717) is 18.0 Å². The lowest BCUT2D eigenvalue weighted by Crippen LogP contribution is -2.36. The third-order valence-electron chi connectivity index (χ3n) is 4.92. The summed E-state index contributed by atoms with van der Waals surface area (Å²) in [5, 5.41) is 0. The Morgan fingerprint density at radius 3 is 2.70 bits per heavy atom. The summed E-state index contributed by atoms with van der Waals surface area (Å²) >= 11 is 0. The first-order valence-corrected chi connectivity index (χ1v) is 7.77. The molecule has 0 radical (unpaired) electrons. The average molecular weight is 275 g/mol. The van der Waals surface area contributed by atoms with Crippen molar-refractivity contribution in [2.75, 3.05) is 13.1 Å². The van der Waals surface area contributed by atoms with Crippen molar-refractivity contribution in [1.29, 1.82) is 0 Å². The summed E-state index contributed by atoms with van der Waals surface area (Å²) in [6.45, 7) is 2.00. The summed E-state index contributed by atoms with van der Waals surface area (Å²) < 4.78 is 12.8. The smallest absolute Gasteiger partial charge is 0.164 e. The fourth-order valence-electron chi connectivity index (χ4n) is 3.81. The number of halogens is 1. The zero-order chi connectivity index (χ0) is 13.9. The van der Waals surface area contributed by atoms with E-state index in [9.17, 15) is 9.18 Å². The van der Waals surface area contributed by atoms with Gasteiger partial charge in [0.1, 0.15) is 5.82 Å². The molecule has 1 saturated carbocycles. The standard InChI is InChI=1S/C17H22FNO/c18-15-7-5-14(6-8-15)17(20)10-12-19-11-9-13-3-1-2-4-16(13)19/h5-8,13,16H,1-4,9-12H2. The van der Waals surface area contributed by atoms with E-state index < -0.39 is 0 Å². The predicted molar refractivity (Wildman–Crippen MR) is 77.3 cm³/mol. The molecule has 20 heavy (non-hydrogen) atoms. The van der Waals surface area contributed by atoms with E-state index in [4.69, 9.17) is 0 Å². The maximum atomic E-state index is 12.8. The molecule has 2 unspecified atom stereocenters. The maximum absolute atomic E-state index is 12.8. The molecular weight excluding hydrogens is 253 g/mol. The Morgan fingerprint density at radius 2 is 1.90 bits per heavy atom. The summed E-state index contributed by atoms with van der Waals surface area (Å²) in [6, 6.07) is 6.61. The van der Waals surface area contributed by atoms with Crippen LogP contribution >= 0.6 is 0 Å². The molecule has 3 rings (SSSR count). The van der Waals surface area contributed by atoms with Gasteiger partial charge in [0.15, 0.2) is 5.78 Å². The summed E-state index contributed by atoms with van der Waals surface area (Å²) in [6.07, 6.45) is 7.24. The highest BCUT2D eigenvalue weighted by Gasteiger charge is 2.35. The number of benzene rings is 1. The van der Waals surface area contributed by atoms with Gasteiger partial charge in [-0.05, 0) is 56.0 Å². The summed E-state index contributed by atoms with van der Waals surface area (Å²) in [7, 11) is 0. The molecule has 0 amide bonds. The number of hydrogen-bond donors (Lipinski definition) is 0. The number of likely N-dealkylation sites (tertiary alicyclic amines) is 1. The zero-order valence-electron chi connectivity index (χ0n) is 11.9. The number of fused-ring (bicyclic) bond motifs is 1. The first-order valence-electron chi connectivity index (χ1n) is 7.77. The molecule has 0 N–H and O–H groups in total. The van der Waals surface area contributed by atoms with Crippen LogP contribution in [0, 0.1) is 11.7 Å². The monoisotopic (exact) mass is 275 g/mol. The highest BCUT2D eigenvalue weighted by Crippen LogP contribution is 2.36. The Labute approximate surface area is 120 Å². The molecule has 0 spiro atoms. The van der Waals surface area contributed by atoms with Crippen molar-refractivity contribution < 1.29 is 9.18 Å². The Hall–Kier alpha value is -1.22. The lowest BCUT2D eigenvalue weighted by molar-refractivity contribution is 0.0951. The fraction of sp³-hybridized carbons (Fsp3) is 0.588. The lowest BCUT2D eigenvalue weighted by atomic mass is 9.85. The van der Waals surface area contributed by atoms with E-state index in [-0.39, 0.29) is 11.6 Å². The molecule has 1 aromatic carbocycles. The van der Waals surface area contributed by atoms with Crippen LogP contribution < -0.4 is 0 Å². The normalized spacial score (nSPS) is 26.4. The topological polar surface area (TPSA) is 20.3 Å². The largest absolute Gasteiger partial charge is 0.300 e. The Morgan fingerprint density at radius 1 is 1.15 bits per heavy atom. The van der Waals surface area contributed by atoms with Crippen molar-refractivity contribution in [3.63, 3.8) is 0 Å². The molecule has 2 fully saturated rings. The minimum absolute atomic E-state index is 0.129. The molecule has 2 aliphatic rings. The van der Waals surface area contributed by atoms with Gasteiger partial charge in [-0.1, -0.05) is 12.8 Å². The van der Waals surface area contributed by atoms with E-state index in [1.807, 2.05) is 0 Å². The third kappa shape index (κ3) is 2.93. The number of rotatable bonds is 4. The van der Waals surface area contributed by atoms with Crippen molar-refractivity contribution in [1.82, 2.24) is 4.90 Å². The molecule has 1 aromatic rings. The number of ketones is 1. The van der Waals surface area contributed by atoms with Crippen LogP contribution in [-0.4, -0.2) is 29.8 Å². The van der Waals surface area contributed by atoms with Crippen LogP contribution in [0.3, 0.4) is 0 Å². The van der Waals surface area contributed by atoms with Crippen LogP contribution in [-0.2, 0) is 0 Å². The third-order valence-corrected chi connectivity index (χ3v) is 4.92. The Kier molecular flexibility index (Phi) is 4.16. The molecule has 1 saturated heterocycles. The van der Waals surface area contributed by atoms with Crippen molar-refractivity contribution in [2.24, 2.45) is 5.92 Å². The second kappa shape index (κ2) is 6.04. The molecule has 3 heteroatoms. The molecular formula is C17H22FNO. The lowest BCUT2D eigenvalue weighted by Gasteiger charge is -2.31. The van der Waals surface area contributed by atoms with Gasteiger partial charge in [0.25, 0.3) is 0 Å². The molecule has 1 heterocycles. The second-order valence-corrected chi connectivity index (χ2v) is 6.12. The fourth-order valence-corrected chi connectivity index (χ4v) is 3.81. The molecule has 0 aromatic heterocycles. The van der Waals surface area contributed by atoms with Crippen LogP contribution in [0.5, 0.6) is 0 Å². The van der Waals surface area contributed by atoms with Gasteiger partial charge in [0.2, 0.25) is 0 Å². The highest BCUT2D eigenvalue weighted by molar-refractivity contribution is 5.96. The van der Waals surface area contributed by atoms with Crippen LogP contribution in [0.4, 0.5) is 4.39 Å². The molecule has 0 bridgehead atoms. The van der Waals surface area contributed by atoms with Crippen LogP contribution in [0.25, 0.3) is 0 Å². The Balaban J connectivity index is 1.54. The van der Waals surface area contributed by atoms with Crippen molar-refractivity contribution >= 4 is 5.78 Å². The maximum Gasteiger partial charge on any atom is 0.164 e. The van der Waals surface area contributed by atoms with Gasteiger partial charge in [-0.15, -0.1) is 0 Å². The summed E-state index contributed by atoms with van der Waals surface area (Å²) in [5.41, 5.74) is 0.630. The molecule has 1 aliphatic heterocycles. The minimum Gasteiger partial charge on any atom is -0.300 e. The van der Waals surface area contributed by atoms with Gasteiger partial charge in [-0.2, -0.15) is 0 Å². The molecule has 2 nitrogen and oxygen atoms in total. The predicted octanol–water partition coefficient (Wildman–Crippen LogP) is 3.66. The van der Waals surface area contributed by atoms with Gasteiger partial charge >= 0.3 is 0 Å². The molecule has 2 atom stereocenters. The number of hydrogen-bond acceptors (Lipinski definition) is 2. The van der Waals surface area contributed by atoms with E-state index in [1.54, 1.807) is 12.1 Å². The van der Waals surface area contributed by atoms with E-state index in [0.717, 1.165) is 19.0 Å². The van der Waals surface area contributed by atoms with Crippen molar-refractivity contribution in [2.45, 2.75) is 44.6 Å². The summed E-state index contributed by atoms with van der Waals surface area (Å²) in [4.78, 5) is 14.6. The first-order chi connectivity index (χ1) is 9.74. The Bertz CT molecular complexity index is 470. The van der Waals surface area contributed by atoms with Crippen LogP contribution in [0.15, 0.2) is 24.3 Å². The second-order valence-electron chi connectivity index (χ2n) is 6.12. The summed E-state index contributed by atoms with van der Waals surface area (Å²) in [5.74, 6) is 0.708. The molecule has 1 aliphatic carbocycles. The molecule has 108 valence electrons. The van der Waals surface area contributed by atoms with Crippen molar-refractivity contribution in [3.8, 4) is 0 Å². The first kappa shape index (κ1) is 13.7. The highest BCUT2D eigenvalue weighted by atomic mass is 19.1. The van der Waals surface area contributed by atoms with Gasteiger partial charge in [-0.25, -0.2) is 4.39 Å². The number of Topliss-reactive ketones (excluding diaryl/α,β-unsaturated/α-hetero) is 1. The zero-order valence-corrected chi connectivity index (χ0v) is 11.9. The SMILES string of the molecule is O=C(CCN1CCC2CCCCC21)c1ccc(F)cc1. The van der Waals surface area contributed by atoms with Gasteiger partial charge in [0.05, 0.1) is 0 Å². The van der Waals surface area contributed by atoms with E-state index in [1.165, 1.54) is 44.2 Å². The minimum atomic E-state index is -0.286. The number of nitrogens with zero attached hydrogens (tertiary/aromatic N) is 1.